The molecule has 1 fully saturated rings. The SMILES string of the molecule is CN1CCOC(CN(C)c2ccc(CN)cc2)C1. The van der Waals surface area contributed by atoms with Gasteiger partial charge in [0.25, 0.3) is 0 Å². The Bertz CT molecular complexity index is 366. The molecule has 1 atom stereocenters. The molecule has 0 saturated carbocycles. The van der Waals surface area contributed by atoms with Crippen molar-refractivity contribution in [2.24, 2.45) is 5.73 Å². The lowest BCUT2D eigenvalue weighted by Gasteiger charge is -2.33. The highest BCUT2D eigenvalue weighted by Gasteiger charge is 2.19. The zero-order valence-electron chi connectivity index (χ0n) is 11.3. The van der Waals surface area contributed by atoms with Crippen molar-refractivity contribution in [3.8, 4) is 0 Å². The lowest BCUT2D eigenvalue weighted by Crippen LogP contribution is -2.45. The molecule has 0 amide bonds. The van der Waals surface area contributed by atoms with Gasteiger partial charge in [-0.1, -0.05) is 12.1 Å². The maximum atomic E-state index is 5.78. The molecule has 1 aromatic rings. The highest BCUT2D eigenvalue weighted by Crippen LogP contribution is 2.15. The van der Waals surface area contributed by atoms with Crippen LogP contribution in [0.15, 0.2) is 24.3 Å². The van der Waals surface area contributed by atoms with Gasteiger partial charge in [0.05, 0.1) is 12.7 Å². The number of morpholine rings is 1. The van der Waals surface area contributed by atoms with Crippen LogP contribution >= 0.6 is 0 Å². The van der Waals surface area contributed by atoms with Crippen LogP contribution in [0.5, 0.6) is 0 Å². The molecule has 100 valence electrons. The molecule has 1 saturated heterocycles. The summed E-state index contributed by atoms with van der Waals surface area (Å²) in [5.41, 5.74) is 7.98. The van der Waals surface area contributed by atoms with E-state index in [0.717, 1.165) is 26.2 Å². The minimum Gasteiger partial charge on any atom is -0.374 e. The molecule has 4 nitrogen and oxygen atoms in total. The zero-order chi connectivity index (χ0) is 13.0. The topological polar surface area (TPSA) is 41.7 Å². The van der Waals surface area contributed by atoms with Gasteiger partial charge in [-0.2, -0.15) is 0 Å². The minimum absolute atomic E-state index is 0.294. The van der Waals surface area contributed by atoms with Gasteiger partial charge in [0, 0.05) is 38.9 Å². The second-order valence-corrected chi connectivity index (χ2v) is 5.01. The zero-order valence-corrected chi connectivity index (χ0v) is 11.3. The molecule has 0 radical (unpaired) electrons. The van der Waals surface area contributed by atoms with Crippen LogP contribution in [0.3, 0.4) is 0 Å². The fraction of sp³-hybridized carbons (Fsp3) is 0.571. The normalized spacial score (nSPS) is 20.9. The van der Waals surface area contributed by atoms with Crippen molar-refractivity contribution in [3.05, 3.63) is 29.8 Å². The third-order valence-electron chi connectivity index (χ3n) is 3.43. The van der Waals surface area contributed by atoms with Crippen molar-refractivity contribution >= 4 is 5.69 Å². The molecule has 2 rings (SSSR count). The molecule has 0 aromatic heterocycles. The Balaban J connectivity index is 1.91. The van der Waals surface area contributed by atoms with Crippen LogP contribution in [0, 0.1) is 0 Å². The maximum Gasteiger partial charge on any atom is 0.0876 e. The Morgan fingerprint density at radius 3 is 2.72 bits per heavy atom. The predicted molar refractivity (Wildman–Crippen MR) is 74.8 cm³/mol. The number of ether oxygens (including phenoxy) is 1. The van der Waals surface area contributed by atoms with Gasteiger partial charge in [-0.15, -0.1) is 0 Å². The summed E-state index contributed by atoms with van der Waals surface area (Å²) in [6, 6.07) is 8.41. The highest BCUT2D eigenvalue weighted by molar-refractivity contribution is 5.47. The van der Waals surface area contributed by atoms with E-state index in [1.807, 2.05) is 0 Å². The number of hydrogen-bond acceptors (Lipinski definition) is 4. The van der Waals surface area contributed by atoms with E-state index in [0.29, 0.717) is 12.6 Å². The summed E-state index contributed by atoms with van der Waals surface area (Å²) < 4.78 is 5.78. The summed E-state index contributed by atoms with van der Waals surface area (Å²) in [6.07, 6.45) is 0.294. The Kier molecular flexibility index (Phi) is 4.58. The number of anilines is 1. The Morgan fingerprint density at radius 2 is 2.11 bits per heavy atom. The molecule has 18 heavy (non-hydrogen) atoms. The first-order valence-electron chi connectivity index (χ1n) is 6.49. The van der Waals surface area contributed by atoms with Crippen molar-refractivity contribution < 1.29 is 4.74 Å². The third kappa shape index (κ3) is 3.45. The first-order chi connectivity index (χ1) is 8.69. The van der Waals surface area contributed by atoms with Crippen LogP contribution < -0.4 is 10.6 Å². The van der Waals surface area contributed by atoms with Crippen LogP contribution in [-0.4, -0.2) is 51.3 Å². The van der Waals surface area contributed by atoms with E-state index in [-0.39, 0.29) is 0 Å². The summed E-state index contributed by atoms with van der Waals surface area (Å²) in [6.45, 7) is 4.39. The predicted octanol–water partition coefficient (Wildman–Crippen LogP) is 0.912. The first-order valence-corrected chi connectivity index (χ1v) is 6.49. The average Bonchev–Trinajstić information content (AvgIpc) is 2.39. The minimum atomic E-state index is 0.294. The van der Waals surface area contributed by atoms with E-state index in [9.17, 15) is 0 Å². The molecule has 0 spiro atoms. The van der Waals surface area contributed by atoms with Crippen LogP contribution in [0.25, 0.3) is 0 Å². The third-order valence-corrected chi connectivity index (χ3v) is 3.43. The summed E-state index contributed by atoms with van der Waals surface area (Å²) in [4.78, 5) is 4.56. The summed E-state index contributed by atoms with van der Waals surface area (Å²) in [5, 5.41) is 0. The molecule has 1 aliphatic heterocycles. The van der Waals surface area contributed by atoms with Gasteiger partial charge in [-0.3, -0.25) is 0 Å². The fourth-order valence-electron chi connectivity index (χ4n) is 2.27. The standard InChI is InChI=1S/C14H23N3O/c1-16-7-8-18-14(10-16)11-17(2)13-5-3-12(9-15)4-6-13/h3-6,14H,7-11,15H2,1-2H3. The van der Waals surface area contributed by atoms with Crippen molar-refractivity contribution in [1.82, 2.24) is 4.90 Å². The average molecular weight is 249 g/mol. The van der Waals surface area contributed by atoms with Crippen LogP contribution in [0.2, 0.25) is 0 Å². The molecule has 4 heteroatoms. The molecule has 1 aromatic carbocycles. The van der Waals surface area contributed by atoms with Gasteiger partial charge in [0.1, 0.15) is 0 Å². The first kappa shape index (κ1) is 13.3. The number of benzene rings is 1. The molecule has 0 bridgehead atoms. The molecular weight excluding hydrogens is 226 g/mol. The monoisotopic (exact) mass is 249 g/mol. The van der Waals surface area contributed by atoms with Crippen molar-refractivity contribution in [2.45, 2.75) is 12.6 Å². The molecule has 1 aliphatic rings. The molecule has 0 aliphatic carbocycles. The van der Waals surface area contributed by atoms with Gasteiger partial charge in [-0.05, 0) is 24.7 Å². The van der Waals surface area contributed by atoms with E-state index < -0.39 is 0 Å². The van der Waals surface area contributed by atoms with E-state index in [1.54, 1.807) is 0 Å². The second kappa shape index (κ2) is 6.18. The van der Waals surface area contributed by atoms with E-state index >= 15 is 0 Å². The van der Waals surface area contributed by atoms with Gasteiger partial charge < -0.3 is 20.3 Å². The second-order valence-electron chi connectivity index (χ2n) is 5.01. The summed E-state index contributed by atoms with van der Waals surface area (Å²) in [7, 11) is 4.25. The smallest absolute Gasteiger partial charge is 0.0876 e. The van der Waals surface area contributed by atoms with E-state index in [2.05, 4.69) is 48.2 Å². The molecular formula is C14H23N3O. The van der Waals surface area contributed by atoms with Gasteiger partial charge in [-0.25, -0.2) is 0 Å². The number of hydrogen-bond donors (Lipinski definition) is 1. The van der Waals surface area contributed by atoms with Crippen LogP contribution in [-0.2, 0) is 11.3 Å². The van der Waals surface area contributed by atoms with Gasteiger partial charge >= 0.3 is 0 Å². The fourth-order valence-corrected chi connectivity index (χ4v) is 2.27. The van der Waals surface area contributed by atoms with Crippen LogP contribution in [0.4, 0.5) is 5.69 Å². The number of likely N-dealkylation sites (N-methyl/N-ethyl adjacent to an activating group) is 2. The Labute approximate surface area is 109 Å². The van der Waals surface area contributed by atoms with Gasteiger partial charge in [0.2, 0.25) is 0 Å². The van der Waals surface area contributed by atoms with Gasteiger partial charge in [0.15, 0.2) is 0 Å². The largest absolute Gasteiger partial charge is 0.374 e. The quantitative estimate of drug-likeness (QED) is 0.861. The summed E-state index contributed by atoms with van der Waals surface area (Å²) >= 11 is 0. The van der Waals surface area contributed by atoms with Crippen molar-refractivity contribution in [3.63, 3.8) is 0 Å². The molecule has 2 N–H and O–H groups in total. The Hall–Kier alpha value is -1.10. The number of nitrogens with two attached hydrogens (primary N) is 1. The maximum absolute atomic E-state index is 5.78. The Morgan fingerprint density at radius 1 is 1.39 bits per heavy atom. The van der Waals surface area contributed by atoms with E-state index in [4.69, 9.17) is 10.5 Å². The summed E-state index contributed by atoms with van der Waals surface area (Å²) in [5.74, 6) is 0. The lowest BCUT2D eigenvalue weighted by atomic mass is 10.2. The molecule has 1 heterocycles. The van der Waals surface area contributed by atoms with Crippen molar-refractivity contribution in [1.29, 1.82) is 0 Å². The molecule has 1 unspecified atom stereocenters. The lowest BCUT2D eigenvalue weighted by molar-refractivity contribution is -0.0143. The number of nitrogens with zero attached hydrogens (tertiary/aromatic N) is 2. The number of rotatable bonds is 4. The highest BCUT2D eigenvalue weighted by atomic mass is 16.5. The van der Waals surface area contributed by atoms with E-state index in [1.165, 1.54) is 11.3 Å². The van der Waals surface area contributed by atoms with Crippen LogP contribution in [0.1, 0.15) is 5.56 Å². The van der Waals surface area contributed by atoms with Crippen molar-refractivity contribution in [2.75, 3.05) is 45.2 Å².